The van der Waals surface area contributed by atoms with Crippen molar-refractivity contribution in [3.05, 3.63) is 0 Å². The zero-order chi connectivity index (χ0) is 9.26. The molecule has 2 N–H and O–H groups in total. The minimum Gasteiger partial charge on any atom is -0.481 e. The van der Waals surface area contributed by atoms with E-state index in [2.05, 4.69) is 5.32 Å². The van der Waals surface area contributed by atoms with Gasteiger partial charge in [0.1, 0.15) is 0 Å². The number of hydrogen-bond acceptors (Lipinski definition) is 2. The molecule has 0 amide bonds. The molecule has 1 saturated carbocycles. The summed E-state index contributed by atoms with van der Waals surface area (Å²) in [6.07, 6.45) is 5.58. The Kier molecular flexibility index (Phi) is 2.54. The van der Waals surface area contributed by atoms with E-state index in [1.54, 1.807) is 0 Å². The molecule has 2 atom stereocenters. The van der Waals surface area contributed by atoms with Crippen LogP contribution in [0.4, 0.5) is 0 Å². The summed E-state index contributed by atoms with van der Waals surface area (Å²) in [5, 5.41) is 12.3. The van der Waals surface area contributed by atoms with Crippen molar-refractivity contribution in [2.75, 3.05) is 6.54 Å². The molecule has 0 spiro atoms. The van der Waals surface area contributed by atoms with Gasteiger partial charge in [-0.05, 0) is 38.1 Å². The molecule has 2 aliphatic rings. The zero-order valence-corrected chi connectivity index (χ0v) is 7.83. The van der Waals surface area contributed by atoms with Crippen LogP contribution in [-0.4, -0.2) is 23.7 Å². The smallest absolute Gasteiger partial charge is 0.306 e. The second-order valence-corrected chi connectivity index (χ2v) is 4.31. The average molecular weight is 183 g/mol. The van der Waals surface area contributed by atoms with Gasteiger partial charge in [0.15, 0.2) is 0 Å². The molecule has 13 heavy (non-hydrogen) atoms. The van der Waals surface area contributed by atoms with Gasteiger partial charge in [0.05, 0.1) is 5.92 Å². The second-order valence-electron chi connectivity index (χ2n) is 4.31. The number of hydrogen-bond donors (Lipinski definition) is 2. The van der Waals surface area contributed by atoms with Crippen molar-refractivity contribution in [2.45, 2.75) is 38.1 Å². The van der Waals surface area contributed by atoms with Gasteiger partial charge in [-0.1, -0.05) is 6.42 Å². The molecule has 0 radical (unpaired) electrons. The number of carboxylic acid groups (broad SMARTS) is 1. The molecule has 2 rings (SSSR count). The van der Waals surface area contributed by atoms with Gasteiger partial charge in [0.25, 0.3) is 0 Å². The van der Waals surface area contributed by atoms with Crippen molar-refractivity contribution in [3.8, 4) is 0 Å². The molecule has 3 nitrogen and oxygen atoms in total. The fourth-order valence-electron chi connectivity index (χ4n) is 2.38. The first-order chi connectivity index (χ1) is 6.27. The Morgan fingerprint density at radius 3 is 2.62 bits per heavy atom. The number of rotatable bonds is 2. The summed E-state index contributed by atoms with van der Waals surface area (Å²) in [7, 11) is 0. The van der Waals surface area contributed by atoms with Crippen molar-refractivity contribution in [2.24, 2.45) is 11.8 Å². The highest BCUT2D eigenvalue weighted by Gasteiger charge is 2.33. The van der Waals surface area contributed by atoms with Crippen LogP contribution in [0, 0.1) is 11.8 Å². The van der Waals surface area contributed by atoms with Crippen LogP contribution in [0.1, 0.15) is 32.1 Å². The minimum atomic E-state index is -0.606. The van der Waals surface area contributed by atoms with Gasteiger partial charge in [-0.3, -0.25) is 4.79 Å². The summed E-state index contributed by atoms with van der Waals surface area (Å²) < 4.78 is 0. The van der Waals surface area contributed by atoms with E-state index in [4.69, 9.17) is 5.11 Å². The van der Waals surface area contributed by atoms with E-state index in [9.17, 15) is 4.79 Å². The number of aliphatic carboxylic acids is 1. The topological polar surface area (TPSA) is 49.3 Å². The molecular weight excluding hydrogens is 166 g/mol. The number of nitrogens with one attached hydrogen (secondary N) is 1. The molecule has 74 valence electrons. The van der Waals surface area contributed by atoms with Crippen LogP contribution in [0.25, 0.3) is 0 Å². The largest absolute Gasteiger partial charge is 0.481 e. The van der Waals surface area contributed by atoms with E-state index in [0.717, 1.165) is 25.3 Å². The first-order valence-corrected chi connectivity index (χ1v) is 5.23. The van der Waals surface area contributed by atoms with Crippen LogP contribution in [-0.2, 0) is 4.79 Å². The Morgan fingerprint density at radius 2 is 2.08 bits per heavy atom. The van der Waals surface area contributed by atoms with Gasteiger partial charge < -0.3 is 10.4 Å². The van der Waals surface area contributed by atoms with Crippen LogP contribution >= 0.6 is 0 Å². The Bertz CT molecular complexity index is 201. The summed E-state index contributed by atoms with van der Waals surface area (Å²) in [4.78, 5) is 10.8. The van der Waals surface area contributed by atoms with Gasteiger partial charge in [-0.2, -0.15) is 0 Å². The SMILES string of the molecule is O=C(O)C1CCNC(C2CCC2)C1. The number of carbonyl (C=O) groups is 1. The van der Waals surface area contributed by atoms with Crippen molar-refractivity contribution in [1.29, 1.82) is 0 Å². The molecule has 1 heterocycles. The summed E-state index contributed by atoms with van der Waals surface area (Å²) >= 11 is 0. The molecule has 2 unspecified atom stereocenters. The Morgan fingerprint density at radius 1 is 1.31 bits per heavy atom. The minimum absolute atomic E-state index is 0.0909. The number of piperidine rings is 1. The first kappa shape index (κ1) is 9.00. The monoisotopic (exact) mass is 183 g/mol. The maximum atomic E-state index is 10.8. The van der Waals surface area contributed by atoms with Gasteiger partial charge in [0, 0.05) is 6.04 Å². The van der Waals surface area contributed by atoms with E-state index in [1.807, 2.05) is 0 Å². The van der Waals surface area contributed by atoms with Gasteiger partial charge in [0.2, 0.25) is 0 Å². The van der Waals surface area contributed by atoms with Crippen LogP contribution in [0.2, 0.25) is 0 Å². The van der Waals surface area contributed by atoms with Crippen LogP contribution in [0.15, 0.2) is 0 Å². The van der Waals surface area contributed by atoms with E-state index in [1.165, 1.54) is 19.3 Å². The fraction of sp³-hybridized carbons (Fsp3) is 0.900. The Balaban J connectivity index is 1.87. The van der Waals surface area contributed by atoms with Crippen molar-refractivity contribution >= 4 is 5.97 Å². The van der Waals surface area contributed by atoms with Crippen LogP contribution < -0.4 is 5.32 Å². The Labute approximate surface area is 78.5 Å². The van der Waals surface area contributed by atoms with E-state index < -0.39 is 5.97 Å². The quantitative estimate of drug-likeness (QED) is 0.677. The predicted octanol–water partition coefficient (Wildman–Crippen LogP) is 1.24. The standard InChI is InChI=1S/C10H17NO2/c12-10(13)8-4-5-11-9(6-8)7-2-1-3-7/h7-9,11H,1-6H2,(H,12,13). The molecule has 0 aromatic rings. The van der Waals surface area contributed by atoms with E-state index in [-0.39, 0.29) is 5.92 Å². The molecule has 0 aromatic heterocycles. The van der Waals surface area contributed by atoms with Crippen molar-refractivity contribution in [1.82, 2.24) is 5.32 Å². The lowest BCUT2D eigenvalue weighted by molar-refractivity contribution is -0.143. The first-order valence-electron chi connectivity index (χ1n) is 5.23. The molecule has 0 aromatic carbocycles. The predicted molar refractivity (Wildman–Crippen MR) is 49.5 cm³/mol. The van der Waals surface area contributed by atoms with Crippen molar-refractivity contribution in [3.63, 3.8) is 0 Å². The van der Waals surface area contributed by atoms with Gasteiger partial charge in [-0.25, -0.2) is 0 Å². The highest BCUT2D eigenvalue weighted by Crippen LogP contribution is 2.34. The molecular formula is C10H17NO2. The molecule has 2 fully saturated rings. The molecule has 3 heteroatoms. The third-order valence-corrected chi connectivity index (χ3v) is 3.51. The number of carboxylic acids is 1. The molecule has 0 bridgehead atoms. The lowest BCUT2D eigenvalue weighted by atomic mass is 9.75. The molecule has 1 aliphatic carbocycles. The summed E-state index contributed by atoms with van der Waals surface area (Å²) in [6, 6.07) is 0.489. The van der Waals surface area contributed by atoms with E-state index >= 15 is 0 Å². The fourth-order valence-corrected chi connectivity index (χ4v) is 2.38. The third kappa shape index (κ3) is 1.85. The summed E-state index contributed by atoms with van der Waals surface area (Å²) in [6.45, 7) is 0.887. The molecule has 1 saturated heterocycles. The summed E-state index contributed by atoms with van der Waals surface area (Å²) in [5.41, 5.74) is 0. The van der Waals surface area contributed by atoms with Crippen LogP contribution in [0.3, 0.4) is 0 Å². The van der Waals surface area contributed by atoms with Crippen molar-refractivity contribution < 1.29 is 9.90 Å². The van der Waals surface area contributed by atoms with E-state index in [0.29, 0.717) is 6.04 Å². The lowest BCUT2D eigenvalue weighted by Crippen LogP contribution is -2.46. The third-order valence-electron chi connectivity index (χ3n) is 3.51. The van der Waals surface area contributed by atoms with Gasteiger partial charge >= 0.3 is 5.97 Å². The normalized spacial score (nSPS) is 35.4. The van der Waals surface area contributed by atoms with Crippen LogP contribution in [0.5, 0.6) is 0 Å². The average Bonchev–Trinajstić information content (AvgIpc) is 2.01. The molecule has 1 aliphatic heterocycles. The van der Waals surface area contributed by atoms with Gasteiger partial charge in [-0.15, -0.1) is 0 Å². The highest BCUT2D eigenvalue weighted by atomic mass is 16.4. The Hall–Kier alpha value is -0.570. The lowest BCUT2D eigenvalue weighted by Gasteiger charge is -2.38. The zero-order valence-electron chi connectivity index (χ0n) is 7.83. The maximum absolute atomic E-state index is 10.8. The second kappa shape index (κ2) is 3.66. The maximum Gasteiger partial charge on any atom is 0.306 e. The highest BCUT2D eigenvalue weighted by molar-refractivity contribution is 5.70. The summed E-state index contributed by atoms with van der Waals surface area (Å²) in [5.74, 6) is 0.0693.